The fraction of sp³-hybridized carbons (Fsp3) is 0.250. The molecule has 0 aliphatic heterocycles. The quantitative estimate of drug-likeness (QED) is 0.522. The fourth-order valence-corrected chi connectivity index (χ4v) is 2.14. The van der Waals surface area contributed by atoms with Gasteiger partial charge in [0.2, 0.25) is 5.91 Å². The molecular weight excluding hydrogens is 289 g/mol. The Morgan fingerprint density at radius 3 is 2.65 bits per heavy atom. The zero-order valence-corrected chi connectivity index (χ0v) is 11.1. The van der Waals surface area contributed by atoms with Crippen LogP contribution in [0.1, 0.15) is 12.6 Å². The monoisotopic (exact) mass is 295 g/mol. The molecule has 9 heteroatoms. The maximum Gasteiger partial charge on any atom is 0.276 e. The highest BCUT2D eigenvalue weighted by Crippen LogP contribution is 2.29. The average molecular weight is 296 g/mol. The second-order valence-corrected chi connectivity index (χ2v) is 4.65. The number of thiazole rings is 1. The molecule has 1 aromatic rings. The van der Waals surface area contributed by atoms with Gasteiger partial charge in [0.1, 0.15) is 17.8 Å². The van der Waals surface area contributed by atoms with Crippen molar-refractivity contribution in [3.63, 3.8) is 0 Å². The topological polar surface area (TPSA) is 80.7 Å². The van der Waals surface area contributed by atoms with Gasteiger partial charge in [-0.1, -0.05) is 28.1 Å². The summed E-state index contributed by atoms with van der Waals surface area (Å²) in [7, 11) is 1.26. The zero-order valence-electron chi connectivity index (χ0n) is 8.78. The molecule has 1 amide bonds. The summed E-state index contributed by atoms with van der Waals surface area (Å²) in [5.41, 5.74) is -0.141. The summed E-state index contributed by atoms with van der Waals surface area (Å²) in [4.78, 5) is 30.4. The summed E-state index contributed by atoms with van der Waals surface area (Å²) >= 11 is 12.0. The van der Waals surface area contributed by atoms with E-state index in [1.54, 1.807) is 0 Å². The Bertz CT molecular complexity index is 486. The molecule has 1 N–H and O–H groups in total. The number of carbonyl (C=O) groups excluding carboxylic acids is 2. The van der Waals surface area contributed by atoms with Crippen molar-refractivity contribution >= 4 is 56.4 Å². The number of halogens is 2. The van der Waals surface area contributed by atoms with Crippen LogP contribution in [0.3, 0.4) is 0 Å². The average Bonchev–Trinajstić information content (AvgIpc) is 2.54. The van der Waals surface area contributed by atoms with Crippen LogP contribution in [0.4, 0.5) is 5.00 Å². The van der Waals surface area contributed by atoms with Gasteiger partial charge in [-0.25, -0.2) is 4.98 Å². The number of oxime groups is 1. The van der Waals surface area contributed by atoms with Gasteiger partial charge in [-0.15, -0.1) is 0 Å². The van der Waals surface area contributed by atoms with Crippen molar-refractivity contribution in [2.75, 3.05) is 12.4 Å². The number of anilines is 1. The molecule has 0 atom stereocenters. The summed E-state index contributed by atoms with van der Waals surface area (Å²) in [5.74, 6) is -0.328. The van der Waals surface area contributed by atoms with Crippen molar-refractivity contribution in [2.45, 2.75) is 6.92 Å². The van der Waals surface area contributed by atoms with Crippen molar-refractivity contribution in [3.05, 3.63) is 10.2 Å². The summed E-state index contributed by atoms with van der Waals surface area (Å²) in [6.45, 7) is 1.31. The lowest BCUT2D eigenvalue weighted by Gasteiger charge is -2.01. The minimum atomic E-state index is -0.861. The first-order chi connectivity index (χ1) is 7.95. The van der Waals surface area contributed by atoms with Crippen LogP contribution in [0.2, 0.25) is 4.47 Å². The Hall–Kier alpha value is -1.18. The standard InChI is InChI=1S/C8H7Cl2N3O3S/c1-3(14)11-7-5(12-8(10)17-7)4(6(9)15)13-16-2/h1-2H3,(H,11,14)/b13-4-. The lowest BCUT2D eigenvalue weighted by atomic mass is 10.3. The molecule has 17 heavy (non-hydrogen) atoms. The molecule has 0 aromatic carbocycles. The molecule has 6 nitrogen and oxygen atoms in total. The SMILES string of the molecule is CO/N=C(\C(=O)Cl)c1nc(Cl)sc1NC(C)=O. The van der Waals surface area contributed by atoms with Gasteiger partial charge < -0.3 is 10.2 Å². The molecule has 0 saturated heterocycles. The van der Waals surface area contributed by atoms with E-state index >= 15 is 0 Å². The second kappa shape index (κ2) is 5.95. The van der Waals surface area contributed by atoms with E-state index in [-0.39, 0.29) is 26.8 Å². The van der Waals surface area contributed by atoms with E-state index in [2.05, 4.69) is 20.3 Å². The lowest BCUT2D eigenvalue weighted by Crippen LogP contribution is -2.15. The number of carbonyl (C=O) groups is 2. The second-order valence-electron chi connectivity index (χ2n) is 2.72. The van der Waals surface area contributed by atoms with E-state index in [1.165, 1.54) is 14.0 Å². The molecule has 0 saturated carbocycles. The maximum absolute atomic E-state index is 11.1. The molecule has 0 aliphatic carbocycles. The highest BCUT2D eigenvalue weighted by Gasteiger charge is 2.22. The largest absolute Gasteiger partial charge is 0.398 e. The van der Waals surface area contributed by atoms with Crippen LogP contribution < -0.4 is 5.32 Å². The van der Waals surface area contributed by atoms with Crippen LogP contribution in [0, 0.1) is 0 Å². The van der Waals surface area contributed by atoms with Crippen LogP contribution in [0.15, 0.2) is 5.16 Å². The summed E-state index contributed by atoms with van der Waals surface area (Å²) in [6, 6.07) is 0. The number of hydrogen-bond donors (Lipinski definition) is 1. The van der Waals surface area contributed by atoms with Crippen molar-refractivity contribution in [1.82, 2.24) is 4.98 Å². The van der Waals surface area contributed by atoms with Gasteiger partial charge in [0, 0.05) is 6.92 Å². The van der Waals surface area contributed by atoms with Gasteiger partial charge in [-0.3, -0.25) is 9.59 Å². The predicted octanol–water partition coefficient (Wildman–Crippen LogP) is 1.87. The first kappa shape index (κ1) is 13.9. The van der Waals surface area contributed by atoms with E-state index in [0.29, 0.717) is 0 Å². The first-order valence-corrected chi connectivity index (χ1v) is 5.78. The van der Waals surface area contributed by atoms with Gasteiger partial charge in [0.25, 0.3) is 5.24 Å². The fourth-order valence-electron chi connectivity index (χ4n) is 0.963. The van der Waals surface area contributed by atoms with E-state index in [9.17, 15) is 9.59 Å². The molecular formula is C8H7Cl2N3O3S. The molecule has 92 valence electrons. The summed E-state index contributed by atoms with van der Waals surface area (Å²) in [6.07, 6.45) is 0. The zero-order chi connectivity index (χ0) is 13.0. The molecule has 1 rings (SSSR count). The van der Waals surface area contributed by atoms with Crippen LogP contribution in [0.5, 0.6) is 0 Å². The van der Waals surface area contributed by atoms with E-state index in [1.807, 2.05) is 0 Å². The Labute approximate surface area is 111 Å². The molecule has 0 unspecified atom stereocenters. The Balaban J connectivity index is 3.23. The predicted molar refractivity (Wildman–Crippen MR) is 65.8 cm³/mol. The van der Waals surface area contributed by atoms with Crippen molar-refractivity contribution in [1.29, 1.82) is 0 Å². The summed E-state index contributed by atoms with van der Waals surface area (Å²) in [5, 5.41) is 5.34. The van der Waals surface area contributed by atoms with Crippen LogP contribution in [0.25, 0.3) is 0 Å². The normalized spacial score (nSPS) is 11.2. The van der Waals surface area contributed by atoms with Gasteiger partial charge >= 0.3 is 0 Å². The summed E-state index contributed by atoms with van der Waals surface area (Å²) < 4.78 is 0.144. The molecule has 0 spiro atoms. The Morgan fingerprint density at radius 2 is 2.18 bits per heavy atom. The molecule has 1 heterocycles. The highest BCUT2D eigenvalue weighted by atomic mass is 35.5. The molecule has 0 fully saturated rings. The molecule has 0 radical (unpaired) electrons. The number of aromatic nitrogens is 1. The maximum atomic E-state index is 11.1. The van der Waals surface area contributed by atoms with E-state index < -0.39 is 5.24 Å². The number of hydrogen-bond acceptors (Lipinski definition) is 6. The minimum Gasteiger partial charge on any atom is -0.398 e. The number of nitrogens with zero attached hydrogens (tertiary/aromatic N) is 2. The van der Waals surface area contributed by atoms with Gasteiger partial charge in [0.15, 0.2) is 10.2 Å². The lowest BCUT2D eigenvalue weighted by molar-refractivity contribution is -0.114. The van der Waals surface area contributed by atoms with Gasteiger partial charge in [0.05, 0.1) is 0 Å². The minimum absolute atomic E-state index is 0.0806. The third-order valence-electron chi connectivity index (χ3n) is 1.48. The van der Waals surface area contributed by atoms with Crippen LogP contribution in [-0.4, -0.2) is 29.0 Å². The number of rotatable bonds is 4. The number of nitrogens with one attached hydrogen (secondary N) is 1. The smallest absolute Gasteiger partial charge is 0.276 e. The highest BCUT2D eigenvalue weighted by molar-refractivity contribution is 7.20. The van der Waals surface area contributed by atoms with Crippen LogP contribution in [-0.2, 0) is 14.4 Å². The number of amides is 1. The Kier molecular flexibility index (Phi) is 4.86. The third kappa shape index (κ3) is 3.65. The molecule has 0 bridgehead atoms. The van der Waals surface area contributed by atoms with Gasteiger partial charge in [-0.05, 0) is 11.6 Å². The Morgan fingerprint density at radius 1 is 1.53 bits per heavy atom. The van der Waals surface area contributed by atoms with Crippen LogP contribution >= 0.6 is 34.5 Å². The van der Waals surface area contributed by atoms with Crippen molar-refractivity contribution in [3.8, 4) is 0 Å². The third-order valence-corrected chi connectivity index (χ3v) is 2.74. The van der Waals surface area contributed by atoms with Gasteiger partial charge in [-0.2, -0.15) is 0 Å². The molecule has 1 aromatic heterocycles. The van der Waals surface area contributed by atoms with Crippen molar-refractivity contribution < 1.29 is 14.4 Å². The van der Waals surface area contributed by atoms with Crippen molar-refractivity contribution in [2.24, 2.45) is 5.16 Å². The molecule has 0 aliphatic rings. The first-order valence-electron chi connectivity index (χ1n) is 4.21. The van der Waals surface area contributed by atoms with E-state index in [4.69, 9.17) is 23.2 Å². The van der Waals surface area contributed by atoms with E-state index in [0.717, 1.165) is 11.3 Å².